The van der Waals surface area contributed by atoms with Gasteiger partial charge in [-0.2, -0.15) is 0 Å². The van der Waals surface area contributed by atoms with Gasteiger partial charge in [0, 0.05) is 15.8 Å². The van der Waals surface area contributed by atoms with E-state index in [9.17, 15) is 0 Å². The van der Waals surface area contributed by atoms with Crippen LogP contribution in [0, 0.1) is 0 Å². The lowest BCUT2D eigenvalue weighted by atomic mass is 10.1. The van der Waals surface area contributed by atoms with Gasteiger partial charge in [0.2, 0.25) is 0 Å². The van der Waals surface area contributed by atoms with Gasteiger partial charge in [-0.1, -0.05) is 30.9 Å². The Labute approximate surface area is 74.4 Å². The maximum atomic E-state index is 5.07. The number of rotatable bonds is 1. The summed E-state index contributed by atoms with van der Waals surface area (Å²) in [4.78, 5) is 0.956. The molecule has 10 heavy (non-hydrogen) atoms. The molecule has 0 N–H and O–H groups in total. The molecule has 0 bridgehead atoms. The average molecular weight is 215 g/mol. The molecular formula is C8H7BrS. The van der Waals surface area contributed by atoms with Gasteiger partial charge < -0.3 is 0 Å². The molecule has 1 aliphatic rings. The van der Waals surface area contributed by atoms with Crippen LogP contribution in [-0.2, 0) is 0 Å². The molecule has 0 amide bonds. The van der Waals surface area contributed by atoms with Gasteiger partial charge in [0.25, 0.3) is 0 Å². The van der Waals surface area contributed by atoms with Gasteiger partial charge >= 0.3 is 0 Å². The van der Waals surface area contributed by atoms with Crippen molar-refractivity contribution in [1.82, 2.24) is 0 Å². The van der Waals surface area contributed by atoms with Gasteiger partial charge in [-0.3, -0.25) is 0 Å². The molecule has 0 saturated heterocycles. The Morgan fingerprint density at radius 2 is 2.30 bits per heavy atom. The fourth-order valence-corrected chi connectivity index (χ4v) is 1.25. The minimum Gasteiger partial charge on any atom is -0.0988 e. The zero-order chi connectivity index (χ0) is 7.56. The van der Waals surface area contributed by atoms with Crippen LogP contribution in [0.15, 0.2) is 34.9 Å². The Morgan fingerprint density at radius 3 is 2.80 bits per heavy atom. The molecule has 0 aromatic rings. The molecule has 52 valence electrons. The summed E-state index contributed by atoms with van der Waals surface area (Å²) in [6.45, 7) is 3.67. The summed E-state index contributed by atoms with van der Waals surface area (Å²) in [6, 6.07) is 0. The number of thiocarbonyl (C=S) groups is 1. The normalized spacial score (nSPS) is 17.9. The molecule has 0 aromatic heterocycles. The molecule has 0 spiro atoms. The van der Waals surface area contributed by atoms with Crippen LogP contribution in [0.3, 0.4) is 0 Å². The van der Waals surface area contributed by atoms with Gasteiger partial charge in [-0.25, -0.2) is 0 Å². The summed E-state index contributed by atoms with van der Waals surface area (Å²) in [5, 5.41) is 0. The quantitative estimate of drug-likeness (QED) is 0.605. The van der Waals surface area contributed by atoms with Crippen molar-refractivity contribution in [3.63, 3.8) is 0 Å². The minimum atomic E-state index is 0.843. The second kappa shape index (κ2) is 3.26. The van der Waals surface area contributed by atoms with Crippen molar-refractivity contribution < 1.29 is 0 Å². The minimum absolute atomic E-state index is 0.843. The van der Waals surface area contributed by atoms with Crippen molar-refractivity contribution in [2.75, 3.05) is 0 Å². The lowest BCUT2D eigenvalue weighted by Gasteiger charge is -2.07. The highest BCUT2D eigenvalue weighted by Gasteiger charge is 2.06. The Hall–Kier alpha value is -0.210. The summed E-state index contributed by atoms with van der Waals surface area (Å²) in [5.74, 6) is 0. The van der Waals surface area contributed by atoms with Crippen LogP contribution >= 0.6 is 28.1 Å². The summed E-state index contributed by atoms with van der Waals surface area (Å²) in [7, 11) is 0. The average Bonchev–Trinajstić information content (AvgIpc) is 1.95. The zero-order valence-electron chi connectivity index (χ0n) is 5.43. The Balaban J connectivity index is 2.88. The third-order valence-corrected chi connectivity index (χ3v) is 2.71. The Bertz CT molecular complexity index is 236. The van der Waals surface area contributed by atoms with Crippen molar-refractivity contribution in [3.05, 3.63) is 34.9 Å². The van der Waals surface area contributed by atoms with Gasteiger partial charge in [0.05, 0.1) is 0 Å². The first-order valence-electron chi connectivity index (χ1n) is 2.96. The van der Waals surface area contributed by atoms with Crippen molar-refractivity contribution in [2.45, 2.75) is 6.42 Å². The molecule has 0 saturated carbocycles. The summed E-state index contributed by atoms with van der Waals surface area (Å²) in [5.41, 5.74) is 1.19. The molecule has 0 unspecified atom stereocenters. The van der Waals surface area contributed by atoms with Gasteiger partial charge in [0.1, 0.15) is 0 Å². The third kappa shape index (κ3) is 1.64. The fraction of sp³-hybridized carbons (Fsp3) is 0.125. The molecule has 0 aliphatic heterocycles. The summed E-state index contributed by atoms with van der Waals surface area (Å²) in [6.07, 6.45) is 6.66. The molecule has 1 rings (SSSR count). The maximum Gasteiger partial charge on any atom is 0.0337 e. The molecular weight excluding hydrogens is 208 g/mol. The highest BCUT2D eigenvalue weighted by molar-refractivity contribution is 9.12. The van der Waals surface area contributed by atoms with Crippen molar-refractivity contribution in [2.24, 2.45) is 0 Å². The molecule has 0 heterocycles. The largest absolute Gasteiger partial charge is 0.0988 e. The van der Waals surface area contributed by atoms with E-state index in [4.69, 9.17) is 12.2 Å². The molecule has 0 atom stereocenters. The smallest absolute Gasteiger partial charge is 0.0337 e. The molecule has 0 fully saturated rings. The topological polar surface area (TPSA) is 0 Å². The van der Waals surface area contributed by atoms with E-state index in [-0.39, 0.29) is 0 Å². The summed E-state index contributed by atoms with van der Waals surface area (Å²) < 4.78 is 1.02. The lowest BCUT2D eigenvalue weighted by molar-refractivity contribution is 1.37. The van der Waals surface area contributed by atoms with Crippen LogP contribution in [0.1, 0.15) is 6.42 Å². The van der Waals surface area contributed by atoms with Crippen LogP contribution in [0.2, 0.25) is 0 Å². The Morgan fingerprint density at radius 1 is 1.60 bits per heavy atom. The van der Waals surface area contributed by atoms with Crippen LogP contribution in [-0.4, -0.2) is 4.86 Å². The van der Waals surface area contributed by atoms with Gasteiger partial charge in [-0.05, 0) is 27.6 Å². The number of hydrogen-bond acceptors (Lipinski definition) is 1. The molecule has 1 aliphatic carbocycles. The number of hydrogen-bond donors (Lipinski definition) is 0. The first-order chi connectivity index (χ1) is 4.74. The predicted molar refractivity (Wildman–Crippen MR) is 52.5 cm³/mol. The van der Waals surface area contributed by atoms with Crippen LogP contribution in [0.25, 0.3) is 0 Å². The van der Waals surface area contributed by atoms with E-state index in [1.54, 1.807) is 0 Å². The van der Waals surface area contributed by atoms with Gasteiger partial charge in [0.15, 0.2) is 0 Å². The monoisotopic (exact) mass is 214 g/mol. The van der Waals surface area contributed by atoms with E-state index in [0.717, 1.165) is 15.8 Å². The van der Waals surface area contributed by atoms with Crippen molar-refractivity contribution >= 4 is 33.0 Å². The van der Waals surface area contributed by atoms with Crippen LogP contribution in [0.5, 0.6) is 0 Å². The van der Waals surface area contributed by atoms with Gasteiger partial charge in [-0.15, -0.1) is 0 Å². The van der Waals surface area contributed by atoms with Crippen molar-refractivity contribution in [1.29, 1.82) is 0 Å². The maximum absolute atomic E-state index is 5.07. The highest BCUT2D eigenvalue weighted by atomic mass is 79.9. The number of halogens is 1. The van der Waals surface area contributed by atoms with E-state index < -0.39 is 0 Å². The standard InChI is InChI=1S/C8H7BrS/c1-2-6-3-4-7(9)8(10)5-6/h2-4H,1,5H2. The van der Waals surface area contributed by atoms with E-state index in [1.165, 1.54) is 5.57 Å². The van der Waals surface area contributed by atoms with Crippen LogP contribution < -0.4 is 0 Å². The fourth-order valence-electron chi connectivity index (χ4n) is 0.742. The summed E-state index contributed by atoms with van der Waals surface area (Å²) >= 11 is 8.42. The second-order valence-corrected chi connectivity index (χ2v) is 3.41. The Kier molecular flexibility index (Phi) is 2.57. The first kappa shape index (κ1) is 7.89. The van der Waals surface area contributed by atoms with E-state index in [1.807, 2.05) is 18.2 Å². The van der Waals surface area contributed by atoms with Crippen molar-refractivity contribution in [3.8, 4) is 0 Å². The lowest BCUT2D eigenvalue weighted by Crippen LogP contribution is -1.99. The third-order valence-electron chi connectivity index (χ3n) is 1.34. The van der Waals surface area contributed by atoms with Crippen LogP contribution in [0.4, 0.5) is 0 Å². The predicted octanol–water partition coefficient (Wildman–Crippen LogP) is 3.15. The molecule has 0 nitrogen and oxygen atoms in total. The van der Waals surface area contributed by atoms with E-state index in [2.05, 4.69) is 22.5 Å². The van der Waals surface area contributed by atoms with E-state index >= 15 is 0 Å². The zero-order valence-corrected chi connectivity index (χ0v) is 7.83. The van der Waals surface area contributed by atoms with E-state index in [0.29, 0.717) is 0 Å². The first-order valence-corrected chi connectivity index (χ1v) is 4.16. The molecule has 0 aromatic carbocycles. The molecule has 0 radical (unpaired) electrons. The SMILES string of the molecule is C=CC1=CC=C(Br)C(=S)C1. The second-order valence-electron chi connectivity index (χ2n) is 2.06. The highest BCUT2D eigenvalue weighted by Crippen LogP contribution is 2.20. The molecule has 2 heteroatoms. The number of allylic oxidation sites excluding steroid dienone is 5.